The van der Waals surface area contributed by atoms with Gasteiger partial charge in [-0.25, -0.2) is 4.98 Å². The minimum Gasteiger partial charge on any atom is -0.382 e. The molecule has 0 atom stereocenters. The first kappa shape index (κ1) is 22.3. The second-order valence-corrected chi connectivity index (χ2v) is 7.83. The molecule has 0 unspecified atom stereocenters. The van der Waals surface area contributed by atoms with Crippen LogP contribution >= 0.6 is 23.4 Å². The largest absolute Gasteiger partial charge is 0.382 e. The molecule has 3 aromatic rings. The number of hydrogen-bond donors (Lipinski definition) is 1. The van der Waals surface area contributed by atoms with E-state index in [1.165, 1.54) is 11.8 Å². The van der Waals surface area contributed by atoms with Crippen LogP contribution in [0.5, 0.6) is 0 Å². The fraction of sp³-hybridized carbons (Fsp3) is 0.333. The van der Waals surface area contributed by atoms with Crippen molar-refractivity contribution in [2.24, 2.45) is 0 Å². The zero-order valence-electron chi connectivity index (χ0n) is 16.6. The summed E-state index contributed by atoms with van der Waals surface area (Å²) in [6.07, 6.45) is 2.36. The zero-order chi connectivity index (χ0) is 21.3. The third kappa shape index (κ3) is 6.04. The van der Waals surface area contributed by atoms with E-state index in [-0.39, 0.29) is 17.2 Å². The number of pyridine rings is 1. The number of fused-ring (bicyclic) bond motifs is 1. The monoisotopic (exact) mass is 446 g/mol. The van der Waals surface area contributed by atoms with E-state index in [0.717, 1.165) is 5.69 Å². The second-order valence-electron chi connectivity index (χ2n) is 6.45. The molecule has 0 bridgehead atoms. The number of hydrogen-bond acceptors (Lipinski definition) is 6. The standard InChI is InChI=1S/C21H23ClN4O3S/c1-2-29-11-5-10-26-20(28)17-8-7-15(22)12-18(17)25-21(26)30-14-19(27)24-13-16-6-3-4-9-23-16/h3-4,6-9,12H,2,5,10-11,13-14H2,1H3,(H,24,27). The number of carbonyl (C=O) groups is 1. The maximum absolute atomic E-state index is 13.0. The van der Waals surface area contributed by atoms with Gasteiger partial charge in [0, 0.05) is 31.0 Å². The molecular weight excluding hydrogens is 424 g/mol. The molecule has 1 aromatic carbocycles. The minimum atomic E-state index is -0.160. The van der Waals surface area contributed by atoms with Crippen LogP contribution in [0.1, 0.15) is 19.0 Å². The summed E-state index contributed by atoms with van der Waals surface area (Å²) in [5, 5.41) is 4.32. The van der Waals surface area contributed by atoms with Crippen molar-refractivity contribution in [3.8, 4) is 0 Å². The molecule has 0 aliphatic heterocycles. The van der Waals surface area contributed by atoms with Crippen molar-refractivity contribution < 1.29 is 9.53 Å². The van der Waals surface area contributed by atoms with Crippen LogP contribution in [0.4, 0.5) is 0 Å². The van der Waals surface area contributed by atoms with Crippen molar-refractivity contribution in [1.82, 2.24) is 19.9 Å². The van der Waals surface area contributed by atoms with Gasteiger partial charge in [-0.2, -0.15) is 0 Å². The number of halogens is 1. The molecule has 9 heteroatoms. The van der Waals surface area contributed by atoms with Crippen molar-refractivity contribution in [3.63, 3.8) is 0 Å². The molecule has 0 saturated carbocycles. The summed E-state index contributed by atoms with van der Waals surface area (Å²) in [6, 6.07) is 10.6. The predicted molar refractivity (Wildman–Crippen MR) is 119 cm³/mol. The number of nitrogens with zero attached hydrogens (tertiary/aromatic N) is 3. The Bertz CT molecular complexity index is 1060. The molecule has 7 nitrogen and oxygen atoms in total. The van der Waals surface area contributed by atoms with Crippen LogP contribution in [0, 0.1) is 0 Å². The highest BCUT2D eigenvalue weighted by molar-refractivity contribution is 7.99. The number of thioether (sulfide) groups is 1. The van der Waals surface area contributed by atoms with Gasteiger partial charge in [0.15, 0.2) is 5.16 Å². The quantitative estimate of drug-likeness (QED) is 0.292. The molecule has 0 fully saturated rings. The first-order valence-corrected chi connectivity index (χ1v) is 11.0. The first-order valence-electron chi connectivity index (χ1n) is 9.65. The molecule has 1 amide bonds. The molecule has 1 N–H and O–H groups in total. The van der Waals surface area contributed by atoms with E-state index < -0.39 is 0 Å². The smallest absolute Gasteiger partial charge is 0.262 e. The Hall–Kier alpha value is -2.42. The van der Waals surface area contributed by atoms with Gasteiger partial charge >= 0.3 is 0 Å². The van der Waals surface area contributed by atoms with Crippen LogP contribution < -0.4 is 10.9 Å². The number of ether oxygens (including phenoxy) is 1. The highest BCUT2D eigenvalue weighted by Gasteiger charge is 2.14. The molecule has 0 spiro atoms. The maximum atomic E-state index is 13.0. The Morgan fingerprint density at radius 2 is 2.17 bits per heavy atom. The minimum absolute atomic E-state index is 0.136. The maximum Gasteiger partial charge on any atom is 0.262 e. The van der Waals surface area contributed by atoms with Gasteiger partial charge < -0.3 is 10.1 Å². The van der Waals surface area contributed by atoms with Gasteiger partial charge in [-0.3, -0.25) is 19.1 Å². The fourth-order valence-corrected chi connectivity index (χ4v) is 3.84. The molecule has 0 aliphatic rings. The van der Waals surface area contributed by atoms with E-state index in [2.05, 4.69) is 15.3 Å². The van der Waals surface area contributed by atoms with E-state index in [9.17, 15) is 9.59 Å². The highest BCUT2D eigenvalue weighted by Crippen LogP contribution is 2.20. The molecule has 3 rings (SSSR count). The molecular formula is C21H23ClN4O3S. The summed E-state index contributed by atoms with van der Waals surface area (Å²) in [5.41, 5.74) is 1.15. The summed E-state index contributed by atoms with van der Waals surface area (Å²) in [4.78, 5) is 34.1. The lowest BCUT2D eigenvalue weighted by Gasteiger charge is -2.13. The van der Waals surface area contributed by atoms with Crippen molar-refractivity contribution in [2.45, 2.75) is 31.6 Å². The molecule has 0 radical (unpaired) electrons. The topological polar surface area (TPSA) is 86.1 Å². The number of aromatic nitrogens is 3. The van der Waals surface area contributed by atoms with Gasteiger partial charge in [-0.1, -0.05) is 29.4 Å². The van der Waals surface area contributed by atoms with Crippen molar-refractivity contribution in [3.05, 3.63) is 63.7 Å². The van der Waals surface area contributed by atoms with Gasteiger partial charge in [0.2, 0.25) is 5.91 Å². The van der Waals surface area contributed by atoms with Crippen molar-refractivity contribution >= 4 is 40.2 Å². The van der Waals surface area contributed by atoms with Gasteiger partial charge in [0.1, 0.15) is 0 Å². The van der Waals surface area contributed by atoms with Gasteiger partial charge in [0.05, 0.1) is 28.9 Å². The fourth-order valence-electron chi connectivity index (χ4n) is 2.82. The Kier molecular flexibility index (Phi) is 8.24. The van der Waals surface area contributed by atoms with E-state index in [1.807, 2.05) is 25.1 Å². The summed E-state index contributed by atoms with van der Waals surface area (Å²) in [5.74, 6) is -0.0245. The van der Waals surface area contributed by atoms with Gasteiger partial charge in [0.25, 0.3) is 5.56 Å². The third-order valence-corrected chi connectivity index (χ3v) is 5.49. The van der Waals surface area contributed by atoms with Crippen LogP contribution in [-0.4, -0.2) is 39.4 Å². The number of carbonyl (C=O) groups excluding carboxylic acids is 1. The Morgan fingerprint density at radius 1 is 1.30 bits per heavy atom. The number of benzene rings is 1. The zero-order valence-corrected chi connectivity index (χ0v) is 18.2. The molecule has 158 valence electrons. The second kappa shape index (κ2) is 11.1. The number of amides is 1. The summed E-state index contributed by atoms with van der Waals surface area (Å²) < 4.78 is 6.98. The number of nitrogens with one attached hydrogen (secondary N) is 1. The van der Waals surface area contributed by atoms with E-state index in [4.69, 9.17) is 16.3 Å². The first-order chi connectivity index (χ1) is 14.6. The molecule has 0 aliphatic carbocycles. The summed E-state index contributed by atoms with van der Waals surface area (Å²) >= 11 is 7.29. The Balaban J connectivity index is 1.74. The van der Waals surface area contributed by atoms with Crippen LogP contribution in [0.15, 0.2) is 52.5 Å². The Labute approximate surface area is 183 Å². The lowest BCUT2D eigenvalue weighted by molar-refractivity contribution is -0.118. The highest BCUT2D eigenvalue weighted by atomic mass is 35.5. The molecule has 0 saturated heterocycles. The van der Waals surface area contributed by atoms with Gasteiger partial charge in [-0.15, -0.1) is 0 Å². The summed E-state index contributed by atoms with van der Waals surface area (Å²) in [6.45, 7) is 3.92. The predicted octanol–water partition coefficient (Wildman–Crippen LogP) is 3.28. The Morgan fingerprint density at radius 3 is 2.93 bits per heavy atom. The molecule has 2 aromatic heterocycles. The van der Waals surface area contributed by atoms with E-state index in [1.54, 1.807) is 29.0 Å². The molecule has 30 heavy (non-hydrogen) atoms. The van der Waals surface area contributed by atoms with Crippen LogP contribution in [-0.2, 0) is 22.6 Å². The van der Waals surface area contributed by atoms with E-state index in [0.29, 0.717) is 53.8 Å². The third-order valence-electron chi connectivity index (χ3n) is 4.28. The average Bonchev–Trinajstić information content (AvgIpc) is 2.75. The lowest BCUT2D eigenvalue weighted by Crippen LogP contribution is -2.27. The van der Waals surface area contributed by atoms with E-state index >= 15 is 0 Å². The average molecular weight is 447 g/mol. The molecule has 2 heterocycles. The van der Waals surface area contributed by atoms with Crippen molar-refractivity contribution in [1.29, 1.82) is 0 Å². The van der Waals surface area contributed by atoms with Crippen LogP contribution in [0.25, 0.3) is 10.9 Å². The normalized spacial score (nSPS) is 11.0. The summed E-state index contributed by atoms with van der Waals surface area (Å²) in [7, 11) is 0. The number of rotatable bonds is 10. The SMILES string of the molecule is CCOCCCn1c(SCC(=O)NCc2ccccn2)nc2cc(Cl)ccc2c1=O. The van der Waals surface area contributed by atoms with Gasteiger partial charge in [-0.05, 0) is 43.7 Å². The van der Waals surface area contributed by atoms with Crippen molar-refractivity contribution in [2.75, 3.05) is 19.0 Å². The lowest BCUT2D eigenvalue weighted by atomic mass is 10.2. The van der Waals surface area contributed by atoms with Crippen LogP contribution in [0.2, 0.25) is 5.02 Å². The van der Waals surface area contributed by atoms with Crippen LogP contribution in [0.3, 0.4) is 0 Å².